The first-order valence-electron chi connectivity index (χ1n) is 3.35. The molecule has 0 fully saturated rings. The van der Waals surface area contributed by atoms with Gasteiger partial charge in [0.05, 0.1) is 5.04 Å². The Hall–Kier alpha value is 0.267. The van der Waals surface area contributed by atoms with Crippen molar-refractivity contribution >= 4 is 35.5 Å². The van der Waals surface area contributed by atoms with Crippen molar-refractivity contribution in [2.75, 3.05) is 0 Å². The summed E-state index contributed by atoms with van der Waals surface area (Å²) < 4.78 is 0. The molecule has 11 heavy (non-hydrogen) atoms. The highest BCUT2D eigenvalue weighted by molar-refractivity contribution is 7.35. The Labute approximate surface area is 77.5 Å². The van der Waals surface area contributed by atoms with E-state index in [9.17, 15) is 4.79 Å². The zero-order valence-electron chi connectivity index (χ0n) is 6.77. The summed E-state index contributed by atoms with van der Waals surface area (Å²) in [6.45, 7) is 5.24. The Morgan fingerprint density at radius 2 is 1.91 bits per heavy atom. The van der Waals surface area contributed by atoms with Crippen LogP contribution in [0.3, 0.4) is 0 Å². The summed E-state index contributed by atoms with van der Waals surface area (Å²) in [5.41, 5.74) is 0. The van der Waals surface area contributed by atoms with E-state index < -0.39 is 18.4 Å². The van der Waals surface area contributed by atoms with E-state index in [1.54, 1.807) is 6.92 Å². The van der Waals surface area contributed by atoms with Crippen LogP contribution in [0, 0.1) is 5.92 Å². The summed E-state index contributed by atoms with van der Waals surface area (Å²) in [5, 5.41) is 7.93. The van der Waals surface area contributed by atoms with Crippen LogP contribution in [0.15, 0.2) is 0 Å². The average Bonchev–Trinajstić information content (AvgIpc) is 1.84. The molecule has 1 unspecified atom stereocenters. The molecule has 0 saturated heterocycles. The second-order valence-corrected chi connectivity index (χ2v) is 8.13. The van der Waals surface area contributed by atoms with Crippen molar-refractivity contribution in [3.63, 3.8) is 0 Å². The molecule has 0 aromatic rings. The number of carbonyl (C=O) groups is 1. The first-order valence-corrected chi connectivity index (χ1v) is 7.42. The summed E-state index contributed by atoms with van der Waals surface area (Å²) in [5.74, 6) is -0.916. The van der Waals surface area contributed by atoms with Crippen LogP contribution in [0.2, 0.25) is 5.04 Å². The maximum Gasteiger partial charge on any atom is 0.309 e. The van der Waals surface area contributed by atoms with Gasteiger partial charge in [-0.1, -0.05) is 13.8 Å². The number of aliphatic carboxylic acids is 1. The molecule has 1 atom stereocenters. The Morgan fingerprint density at radius 3 is 1.91 bits per heavy atom. The van der Waals surface area contributed by atoms with Crippen LogP contribution in [-0.2, 0) is 4.79 Å². The Kier molecular flexibility index (Phi) is 3.87. The first kappa shape index (κ1) is 11.3. The molecule has 66 valence electrons. The molecule has 5 heteroatoms. The first-order chi connectivity index (χ1) is 4.83. The molecule has 0 aliphatic rings. The number of carboxylic acids is 1. The molecule has 2 nitrogen and oxygen atoms in total. The third-order valence-corrected chi connectivity index (χ3v) is 6.65. The van der Waals surface area contributed by atoms with Gasteiger partial charge in [0.15, 0.2) is 0 Å². The fourth-order valence-corrected chi connectivity index (χ4v) is 3.35. The van der Waals surface area contributed by atoms with Crippen LogP contribution in [0.4, 0.5) is 0 Å². The lowest BCUT2D eigenvalue weighted by atomic mass is 9.97. The fraction of sp³-hybridized carbons (Fsp3) is 0.833. The van der Waals surface area contributed by atoms with Gasteiger partial charge in [0, 0.05) is 0 Å². The zero-order chi connectivity index (χ0) is 9.23. The molecule has 0 rings (SSSR count). The minimum atomic E-state index is -2.17. The van der Waals surface area contributed by atoms with Crippen molar-refractivity contribution < 1.29 is 9.90 Å². The third-order valence-electron chi connectivity index (χ3n) is 2.11. The van der Waals surface area contributed by atoms with Crippen molar-refractivity contribution in [1.29, 1.82) is 0 Å². The van der Waals surface area contributed by atoms with Gasteiger partial charge in [0.2, 0.25) is 0 Å². The van der Waals surface area contributed by atoms with Crippen molar-refractivity contribution in [3.05, 3.63) is 0 Å². The smallest absolute Gasteiger partial charge is 0.309 e. The van der Waals surface area contributed by atoms with E-state index >= 15 is 0 Å². The van der Waals surface area contributed by atoms with E-state index in [1.807, 2.05) is 13.8 Å². The molecule has 0 amide bonds. The molecule has 0 saturated carbocycles. The second-order valence-electron chi connectivity index (χ2n) is 3.04. The predicted octanol–water partition coefficient (Wildman–Crippen LogP) is 2.19. The number of carboxylic acid groups (broad SMARTS) is 1. The topological polar surface area (TPSA) is 37.3 Å². The minimum Gasteiger partial charge on any atom is -0.481 e. The predicted molar refractivity (Wildman–Crippen MR) is 49.7 cm³/mol. The molecule has 0 heterocycles. The van der Waals surface area contributed by atoms with Crippen LogP contribution in [0.25, 0.3) is 0 Å². The van der Waals surface area contributed by atoms with Crippen LogP contribution in [0.5, 0.6) is 0 Å². The quantitative estimate of drug-likeness (QED) is 0.578. The molecule has 0 spiro atoms. The molecule has 1 N–H and O–H groups in total. The lowest BCUT2D eigenvalue weighted by molar-refractivity contribution is -0.141. The fourth-order valence-electron chi connectivity index (χ4n) is 0.592. The molecule has 0 radical (unpaired) electrons. The van der Waals surface area contributed by atoms with Gasteiger partial charge < -0.3 is 5.11 Å². The standard InChI is InChI=1S/C6H12Cl2O2Si/c1-4(2)6(3,5(9)10)11(7)8/h4,11H,1-3H3,(H,9,10). The molecule has 0 aliphatic carbocycles. The van der Waals surface area contributed by atoms with Gasteiger partial charge in [-0.05, 0) is 12.8 Å². The number of hydrogen-bond acceptors (Lipinski definition) is 1. The van der Waals surface area contributed by atoms with E-state index in [0.717, 1.165) is 0 Å². The van der Waals surface area contributed by atoms with E-state index in [-0.39, 0.29) is 5.92 Å². The zero-order valence-corrected chi connectivity index (χ0v) is 9.43. The van der Waals surface area contributed by atoms with Crippen molar-refractivity contribution in [2.45, 2.75) is 25.8 Å². The molecular formula is C6H12Cl2O2Si. The third kappa shape index (κ3) is 2.10. The number of hydrogen-bond donors (Lipinski definition) is 1. The normalized spacial score (nSPS) is 17.0. The van der Waals surface area contributed by atoms with Gasteiger partial charge in [0.25, 0.3) is 7.42 Å². The average molecular weight is 215 g/mol. The van der Waals surface area contributed by atoms with E-state index in [2.05, 4.69) is 0 Å². The summed E-state index contributed by atoms with van der Waals surface area (Å²) in [4.78, 5) is 10.8. The van der Waals surface area contributed by atoms with E-state index in [4.69, 9.17) is 27.3 Å². The van der Waals surface area contributed by atoms with Gasteiger partial charge in [-0.2, -0.15) is 0 Å². The minimum absolute atomic E-state index is 0.0216. The molecule has 0 aromatic carbocycles. The van der Waals surface area contributed by atoms with Gasteiger partial charge >= 0.3 is 5.97 Å². The highest BCUT2D eigenvalue weighted by Crippen LogP contribution is 2.41. The lowest BCUT2D eigenvalue weighted by Crippen LogP contribution is -2.34. The van der Waals surface area contributed by atoms with Gasteiger partial charge in [-0.3, -0.25) is 4.79 Å². The maximum absolute atomic E-state index is 10.8. The Bertz CT molecular complexity index is 151. The van der Waals surface area contributed by atoms with Gasteiger partial charge in [-0.25, -0.2) is 0 Å². The van der Waals surface area contributed by atoms with Crippen LogP contribution < -0.4 is 0 Å². The summed E-state index contributed by atoms with van der Waals surface area (Å²) in [6.07, 6.45) is 0. The lowest BCUT2D eigenvalue weighted by Gasteiger charge is -2.28. The molecule has 0 aromatic heterocycles. The Balaban J connectivity index is 4.67. The maximum atomic E-state index is 10.8. The van der Waals surface area contributed by atoms with E-state index in [1.165, 1.54) is 0 Å². The molecule has 0 bridgehead atoms. The summed E-state index contributed by atoms with van der Waals surface area (Å²) >= 11 is 11.4. The summed E-state index contributed by atoms with van der Waals surface area (Å²) in [6, 6.07) is 0. The Morgan fingerprint density at radius 1 is 1.55 bits per heavy atom. The molecule has 0 aliphatic heterocycles. The van der Waals surface area contributed by atoms with Gasteiger partial charge in [0.1, 0.15) is 0 Å². The number of rotatable bonds is 3. The van der Waals surface area contributed by atoms with Gasteiger partial charge in [-0.15, -0.1) is 22.2 Å². The van der Waals surface area contributed by atoms with Crippen molar-refractivity contribution in [2.24, 2.45) is 5.92 Å². The highest BCUT2D eigenvalue weighted by atomic mass is 35.7. The number of halogens is 2. The summed E-state index contributed by atoms with van der Waals surface area (Å²) in [7, 11) is -2.17. The van der Waals surface area contributed by atoms with Crippen LogP contribution in [0.1, 0.15) is 20.8 Å². The second kappa shape index (κ2) is 3.78. The largest absolute Gasteiger partial charge is 0.481 e. The molecular weight excluding hydrogens is 203 g/mol. The monoisotopic (exact) mass is 214 g/mol. The van der Waals surface area contributed by atoms with Crippen molar-refractivity contribution in [1.82, 2.24) is 0 Å². The highest BCUT2D eigenvalue weighted by Gasteiger charge is 2.44. The SMILES string of the molecule is CC(C)C(C)(C(=O)O)[SiH](Cl)Cl. The van der Waals surface area contributed by atoms with E-state index in [0.29, 0.717) is 0 Å². The van der Waals surface area contributed by atoms with Crippen molar-refractivity contribution in [3.8, 4) is 0 Å². The van der Waals surface area contributed by atoms with Crippen LogP contribution in [-0.4, -0.2) is 18.5 Å². The van der Waals surface area contributed by atoms with Crippen LogP contribution >= 0.6 is 22.2 Å².